The first-order valence-electron chi connectivity index (χ1n) is 8.70. The number of carbonyl (C=O) groups is 2. The molecule has 0 aromatic heterocycles. The van der Waals surface area contributed by atoms with Crippen molar-refractivity contribution >= 4 is 35.6 Å². The maximum atomic E-state index is 12.3. The average molecular weight is 390 g/mol. The van der Waals surface area contributed by atoms with Crippen LogP contribution in [0, 0.1) is 6.92 Å². The first kappa shape index (κ1) is 20.9. The maximum Gasteiger partial charge on any atom is 0.255 e. The highest BCUT2D eigenvalue weighted by atomic mass is 35.5. The van der Waals surface area contributed by atoms with E-state index in [0.29, 0.717) is 36.6 Å². The standard InChI is InChI=1S/C20H23N3O3.ClH/c1-14-17(22-19(24)12-16-13-26-11-10-21-16)8-5-9-18(14)23-20(25)15-6-3-2-4-7-15;/h2-9,16,21H,10-13H2,1H3,(H,22,24)(H,23,25);1H. The second kappa shape index (κ2) is 10.1. The van der Waals surface area contributed by atoms with Crippen molar-refractivity contribution < 1.29 is 14.3 Å². The van der Waals surface area contributed by atoms with Gasteiger partial charge in [-0.25, -0.2) is 0 Å². The van der Waals surface area contributed by atoms with Crippen LogP contribution in [0.25, 0.3) is 0 Å². The average Bonchev–Trinajstić information content (AvgIpc) is 2.66. The Kier molecular flexibility index (Phi) is 7.79. The fraction of sp³-hybridized carbons (Fsp3) is 0.300. The molecule has 1 aliphatic heterocycles. The van der Waals surface area contributed by atoms with Gasteiger partial charge in [0.1, 0.15) is 0 Å². The van der Waals surface area contributed by atoms with Crippen LogP contribution in [0.5, 0.6) is 0 Å². The van der Waals surface area contributed by atoms with E-state index in [1.165, 1.54) is 0 Å². The molecule has 0 spiro atoms. The minimum atomic E-state index is -0.180. The second-order valence-corrected chi connectivity index (χ2v) is 6.28. The van der Waals surface area contributed by atoms with Crippen LogP contribution in [0.3, 0.4) is 0 Å². The lowest BCUT2D eigenvalue weighted by molar-refractivity contribution is -0.117. The van der Waals surface area contributed by atoms with Gasteiger partial charge in [-0.2, -0.15) is 0 Å². The quantitative estimate of drug-likeness (QED) is 0.734. The summed E-state index contributed by atoms with van der Waals surface area (Å²) in [4.78, 5) is 24.6. The first-order valence-corrected chi connectivity index (χ1v) is 8.70. The number of rotatable bonds is 5. The van der Waals surface area contributed by atoms with E-state index in [0.717, 1.165) is 12.1 Å². The van der Waals surface area contributed by atoms with Crippen LogP contribution in [0.15, 0.2) is 48.5 Å². The van der Waals surface area contributed by atoms with Crippen molar-refractivity contribution in [3.63, 3.8) is 0 Å². The summed E-state index contributed by atoms with van der Waals surface area (Å²) >= 11 is 0. The monoisotopic (exact) mass is 389 g/mol. The Bertz CT molecular complexity index is 777. The van der Waals surface area contributed by atoms with Gasteiger partial charge in [0.2, 0.25) is 5.91 Å². The zero-order valence-corrected chi connectivity index (χ0v) is 16.0. The summed E-state index contributed by atoms with van der Waals surface area (Å²) in [6.45, 7) is 3.86. The van der Waals surface area contributed by atoms with Crippen molar-refractivity contribution in [2.24, 2.45) is 0 Å². The topological polar surface area (TPSA) is 79.5 Å². The van der Waals surface area contributed by atoms with Gasteiger partial charge < -0.3 is 20.7 Å². The molecule has 1 saturated heterocycles. The van der Waals surface area contributed by atoms with Crippen molar-refractivity contribution in [1.82, 2.24) is 5.32 Å². The lowest BCUT2D eigenvalue weighted by Gasteiger charge is -2.23. The zero-order chi connectivity index (χ0) is 18.4. The van der Waals surface area contributed by atoms with Crippen LogP contribution in [0.2, 0.25) is 0 Å². The maximum absolute atomic E-state index is 12.3. The molecule has 7 heteroatoms. The van der Waals surface area contributed by atoms with Crippen molar-refractivity contribution in [2.45, 2.75) is 19.4 Å². The lowest BCUT2D eigenvalue weighted by Crippen LogP contribution is -2.43. The molecule has 2 aromatic carbocycles. The van der Waals surface area contributed by atoms with Crippen molar-refractivity contribution in [1.29, 1.82) is 0 Å². The summed E-state index contributed by atoms with van der Waals surface area (Å²) in [5.41, 5.74) is 2.77. The summed E-state index contributed by atoms with van der Waals surface area (Å²) in [6.07, 6.45) is 0.347. The van der Waals surface area contributed by atoms with Crippen molar-refractivity contribution in [3.8, 4) is 0 Å². The summed E-state index contributed by atoms with van der Waals surface area (Å²) in [7, 11) is 0. The number of hydrogen-bond donors (Lipinski definition) is 3. The van der Waals surface area contributed by atoms with Crippen molar-refractivity contribution in [2.75, 3.05) is 30.4 Å². The molecule has 1 aliphatic rings. The fourth-order valence-corrected chi connectivity index (χ4v) is 2.87. The molecule has 6 nitrogen and oxygen atoms in total. The first-order chi connectivity index (χ1) is 12.6. The number of anilines is 2. The van der Waals surface area contributed by atoms with Gasteiger partial charge in [0.25, 0.3) is 5.91 Å². The van der Waals surface area contributed by atoms with Gasteiger partial charge in [-0.05, 0) is 36.8 Å². The van der Waals surface area contributed by atoms with E-state index in [1.807, 2.05) is 43.3 Å². The molecule has 1 unspecified atom stereocenters. The largest absolute Gasteiger partial charge is 0.378 e. The molecule has 0 saturated carbocycles. The Morgan fingerprint density at radius 3 is 2.44 bits per heavy atom. The van der Waals surface area contributed by atoms with E-state index < -0.39 is 0 Å². The molecule has 27 heavy (non-hydrogen) atoms. The lowest BCUT2D eigenvalue weighted by atomic mass is 10.1. The van der Waals surface area contributed by atoms with Gasteiger partial charge in [0.05, 0.1) is 13.2 Å². The number of morpholine rings is 1. The third-order valence-electron chi connectivity index (χ3n) is 4.32. The van der Waals surface area contributed by atoms with Crippen LogP contribution in [0.1, 0.15) is 22.3 Å². The Balaban J connectivity index is 0.00000261. The number of nitrogens with one attached hydrogen (secondary N) is 3. The molecule has 1 heterocycles. The molecule has 1 atom stereocenters. The predicted molar refractivity (Wildman–Crippen MR) is 109 cm³/mol. The van der Waals surface area contributed by atoms with Gasteiger partial charge in [-0.1, -0.05) is 24.3 Å². The summed E-state index contributed by atoms with van der Waals surface area (Å²) < 4.78 is 5.37. The number of hydrogen-bond acceptors (Lipinski definition) is 4. The number of amides is 2. The van der Waals surface area contributed by atoms with Gasteiger partial charge in [0.15, 0.2) is 0 Å². The highest BCUT2D eigenvalue weighted by molar-refractivity contribution is 6.05. The van der Waals surface area contributed by atoms with E-state index in [2.05, 4.69) is 16.0 Å². The Morgan fingerprint density at radius 1 is 1.07 bits per heavy atom. The van der Waals surface area contributed by atoms with E-state index in [-0.39, 0.29) is 30.3 Å². The van der Waals surface area contributed by atoms with Gasteiger partial charge in [-0.15, -0.1) is 12.4 Å². The summed E-state index contributed by atoms with van der Waals surface area (Å²) in [5, 5.41) is 9.09. The number of benzene rings is 2. The molecule has 2 amide bonds. The Hall–Kier alpha value is -2.41. The smallest absolute Gasteiger partial charge is 0.255 e. The highest BCUT2D eigenvalue weighted by Crippen LogP contribution is 2.24. The van der Waals surface area contributed by atoms with Gasteiger partial charge >= 0.3 is 0 Å². The minimum Gasteiger partial charge on any atom is -0.378 e. The molecule has 2 aromatic rings. The third kappa shape index (κ3) is 5.79. The number of carbonyl (C=O) groups excluding carboxylic acids is 2. The van der Waals surface area contributed by atoms with Crippen LogP contribution in [0.4, 0.5) is 11.4 Å². The number of halogens is 1. The normalized spacial score (nSPS) is 16.1. The Labute approximate surface area is 165 Å². The molecular formula is C20H24ClN3O3. The summed E-state index contributed by atoms with van der Waals surface area (Å²) in [5.74, 6) is -0.261. The molecule has 0 bridgehead atoms. The summed E-state index contributed by atoms with van der Waals surface area (Å²) in [6, 6.07) is 14.5. The third-order valence-corrected chi connectivity index (χ3v) is 4.32. The van der Waals surface area contributed by atoms with Crippen molar-refractivity contribution in [3.05, 3.63) is 59.7 Å². The molecule has 3 N–H and O–H groups in total. The van der Waals surface area contributed by atoms with Crippen LogP contribution in [-0.2, 0) is 9.53 Å². The van der Waals surface area contributed by atoms with E-state index in [1.54, 1.807) is 12.1 Å². The molecule has 0 aliphatic carbocycles. The molecule has 3 rings (SSSR count). The highest BCUT2D eigenvalue weighted by Gasteiger charge is 2.18. The zero-order valence-electron chi connectivity index (χ0n) is 15.2. The Morgan fingerprint density at radius 2 is 1.78 bits per heavy atom. The van der Waals surface area contributed by atoms with Crippen LogP contribution < -0.4 is 16.0 Å². The minimum absolute atomic E-state index is 0. The molecule has 0 radical (unpaired) electrons. The SMILES string of the molecule is Cc1c(NC(=O)CC2COCCN2)cccc1NC(=O)c1ccccc1.Cl. The van der Waals surface area contributed by atoms with E-state index in [4.69, 9.17) is 4.74 Å². The molecule has 144 valence electrons. The van der Waals surface area contributed by atoms with E-state index >= 15 is 0 Å². The predicted octanol–water partition coefficient (Wildman–Crippen LogP) is 2.99. The van der Waals surface area contributed by atoms with Crippen LogP contribution >= 0.6 is 12.4 Å². The number of ether oxygens (including phenoxy) is 1. The second-order valence-electron chi connectivity index (χ2n) is 6.28. The van der Waals surface area contributed by atoms with Crippen LogP contribution in [-0.4, -0.2) is 37.6 Å². The van der Waals surface area contributed by atoms with Gasteiger partial charge in [0, 0.05) is 35.9 Å². The van der Waals surface area contributed by atoms with Gasteiger partial charge in [-0.3, -0.25) is 9.59 Å². The molecular weight excluding hydrogens is 366 g/mol. The van der Waals surface area contributed by atoms with E-state index in [9.17, 15) is 9.59 Å². The molecule has 1 fully saturated rings. The fourth-order valence-electron chi connectivity index (χ4n) is 2.87.